The lowest BCUT2D eigenvalue weighted by Gasteiger charge is -2.26. The second-order valence-electron chi connectivity index (χ2n) is 6.85. The van der Waals surface area contributed by atoms with Gasteiger partial charge in [0.05, 0.1) is 19.6 Å². The highest BCUT2D eigenvalue weighted by atomic mass is 16.6. The molecule has 0 spiro atoms. The predicted molar refractivity (Wildman–Crippen MR) is 103 cm³/mol. The average Bonchev–Trinajstić information content (AvgIpc) is 3.13. The quantitative estimate of drug-likeness (QED) is 0.856. The van der Waals surface area contributed by atoms with Gasteiger partial charge in [0.2, 0.25) is 11.8 Å². The van der Waals surface area contributed by atoms with Crippen molar-refractivity contribution in [2.75, 3.05) is 31.7 Å². The molecule has 28 heavy (non-hydrogen) atoms. The molecule has 2 heterocycles. The van der Waals surface area contributed by atoms with Gasteiger partial charge in [0.15, 0.2) is 11.5 Å². The third-order valence-electron chi connectivity index (χ3n) is 4.95. The van der Waals surface area contributed by atoms with Crippen LogP contribution in [0.25, 0.3) is 0 Å². The Labute approximate surface area is 163 Å². The van der Waals surface area contributed by atoms with Crippen molar-refractivity contribution in [3.05, 3.63) is 48.5 Å². The van der Waals surface area contributed by atoms with Gasteiger partial charge in [-0.25, -0.2) is 0 Å². The Kier molecular flexibility index (Phi) is 5.06. The maximum Gasteiger partial charge on any atom is 0.227 e. The number of carbonyl (C=O) groups is 2. The Balaban J connectivity index is 1.31. The number of ether oxygens (including phenoxy) is 3. The van der Waals surface area contributed by atoms with Gasteiger partial charge in [0.1, 0.15) is 18.5 Å². The van der Waals surface area contributed by atoms with Gasteiger partial charge < -0.3 is 24.4 Å². The van der Waals surface area contributed by atoms with Crippen molar-refractivity contribution in [3.8, 4) is 17.2 Å². The van der Waals surface area contributed by atoms with E-state index in [4.69, 9.17) is 14.2 Å². The van der Waals surface area contributed by atoms with Gasteiger partial charge in [0, 0.05) is 18.7 Å². The Bertz CT molecular complexity index is 867. The third-order valence-corrected chi connectivity index (χ3v) is 4.95. The van der Waals surface area contributed by atoms with E-state index in [9.17, 15) is 9.59 Å². The summed E-state index contributed by atoms with van der Waals surface area (Å²) in [6.07, 6.45) is -0.0587. The number of anilines is 1. The molecule has 0 bridgehead atoms. The van der Waals surface area contributed by atoms with E-state index in [1.807, 2.05) is 36.4 Å². The zero-order valence-electron chi connectivity index (χ0n) is 15.6. The Morgan fingerprint density at radius 3 is 2.68 bits per heavy atom. The van der Waals surface area contributed by atoms with Crippen LogP contribution < -0.4 is 24.4 Å². The van der Waals surface area contributed by atoms with Crippen LogP contribution in [-0.2, 0) is 9.59 Å². The van der Waals surface area contributed by atoms with Crippen molar-refractivity contribution in [1.29, 1.82) is 0 Å². The molecule has 0 saturated carbocycles. The molecule has 0 aromatic heterocycles. The fourth-order valence-corrected chi connectivity index (χ4v) is 3.42. The number of methoxy groups -OCH3 is 1. The lowest BCUT2D eigenvalue weighted by atomic mass is 10.1. The lowest BCUT2D eigenvalue weighted by Crippen LogP contribution is -2.43. The Hall–Kier alpha value is -3.22. The predicted octanol–water partition coefficient (Wildman–Crippen LogP) is 2.00. The summed E-state index contributed by atoms with van der Waals surface area (Å²) in [7, 11) is 1.59. The van der Waals surface area contributed by atoms with E-state index in [2.05, 4.69) is 5.32 Å². The summed E-state index contributed by atoms with van der Waals surface area (Å²) in [5, 5.41) is 2.89. The number of para-hydroxylation sites is 2. The monoisotopic (exact) mass is 382 g/mol. The van der Waals surface area contributed by atoms with Crippen LogP contribution in [0.4, 0.5) is 5.69 Å². The SMILES string of the molecule is COc1ccc(N2CC(C(=O)NCC3COc4ccccc4O3)CC2=O)cc1. The molecular weight excluding hydrogens is 360 g/mol. The molecule has 1 N–H and O–H groups in total. The van der Waals surface area contributed by atoms with Crippen LogP contribution in [0.5, 0.6) is 17.2 Å². The van der Waals surface area contributed by atoms with E-state index in [0.29, 0.717) is 31.2 Å². The molecule has 7 heteroatoms. The zero-order valence-corrected chi connectivity index (χ0v) is 15.6. The van der Waals surface area contributed by atoms with E-state index in [0.717, 1.165) is 11.4 Å². The smallest absolute Gasteiger partial charge is 0.227 e. The number of nitrogens with one attached hydrogen (secondary N) is 1. The molecule has 1 fully saturated rings. The molecule has 2 aromatic rings. The van der Waals surface area contributed by atoms with Gasteiger partial charge in [-0.05, 0) is 36.4 Å². The van der Waals surface area contributed by atoms with Gasteiger partial charge in [-0.15, -0.1) is 0 Å². The molecule has 146 valence electrons. The fourth-order valence-electron chi connectivity index (χ4n) is 3.42. The molecule has 4 rings (SSSR count). The molecule has 0 radical (unpaired) electrons. The number of benzene rings is 2. The molecule has 2 atom stereocenters. The first-order valence-electron chi connectivity index (χ1n) is 9.24. The molecule has 2 aromatic carbocycles. The summed E-state index contributed by atoms with van der Waals surface area (Å²) in [6.45, 7) is 1.07. The van der Waals surface area contributed by atoms with Crippen LogP contribution in [0.2, 0.25) is 0 Å². The molecule has 2 aliphatic rings. The molecule has 7 nitrogen and oxygen atoms in total. The third kappa shape index (κ3) is 3.74. The van der Waals surface area contributed by atoms with Crippen molar-refractivity contribution in [2.45, 2.75) is 12.5 Å². The molecule has 2 aliphatic heterocycles. The second kappa shape index (κ2) is 7.80. The van der Waals surface area contributed by atoms with E-state index < -0.39 is 0 Å². The number of hydrogen-bond donors (Lipinski definition) is 1. The van der Waals surface area contributed by atoms with E-state index in [1.165, 1.54) is 0 Å². The van der Waals surface area contributed by atoms with Crippen LogP contribution in [0.1, 0.15) is 6.42 Å². The highest BCUT2D eigenvalue weighted by Crippen LogP contribution is 2.31. The van der Waals surface area contributed by atoms with Crippen molar-refractivity contribution in [1.82, 2.24) is 5.32 Å². The number of carbonyl (C=O) groups excluding carboxylic acids is 2. The van der Waals surface area contributed by atoms with Crippen molar-refractivity contribution in [3.63, 3.8) is 0 Å². The largest absolute Gasteiger partial charge is 0.497 e. The van der Waals surface area contributed by atoms with Gasteiger partial charge >= 0.3 is 0 Å². The molecule has 2 unspecified atom stereocenters. The minimum atomic E-state index is -0.383. The summed E-state index contributed by atoms with van der Waals surface area (Å²) in [5.74, 6) is 1.52. The summed E-state index contributed by atoms with van der Waals surface area (Å²) in [5.41, 5.74) is 0.765. The number of amides is 2. The first-order chi connectivity index (χ1) is 13.6. The number of nitrogens with zero attached hydrogens (tertiary/aromatic N) is 1. The first kappa shape index (κ1) is 18.2. The van der Waals surface area contributed by atoms with Crippen LogP contribution in [0.15, 0.2) is 48.5 Å². The van der Waals surface area contributed by atoms with Gasteiger partial charge in [-0.1, -0.05) is 12.1 Å². The van der Waals surface area contributed by atoms with Crippen LogP contribution in [0.3, 0.4) is 0 Å². The van der Waals surface area contributed by atoms with Crippen LogP contribution >= 0.6 is 0 Å². The number of fused-ring (bicyclic) bond motifs is 1. The fraction of sp³-hybridized carbons (Fsp3) is 0.333. The summed E-state index contributed by atoms with van der Waals surface area (Å²) in [4.78, 5) is 26.5. The number of hydrogen-bond acceptors (Lipinski definition) is 5. The molecular formula is C21H22N2O5. The average molecular weight is 382 g/mol. The Morgan fingerprint density at radius 2 is 1.93 bits per heavy atom. The van der Waals surface area contributed by atoms with Crippen LogP contribution in [-0.4, -0.2) is 44.7 Å². The lowest BCUT2D eigenvalue weighted by molar-refractivity contribution is -0.126. The highest BCUT2D eigenvalue weighted by Gasteiger charge is 2.35. The van der Waals surface area contributed by atoms with Crippen molar-refractivity contribution < 1.29 is 23.8 Å². The van der Waals surface area contributed by atoms with Gasteiger partial charge in [0.25, 0.3) is 0 Å². The summed E-state index contributed by atoms with van der Waals surface area (Å²) >= 11 is 0. The summed E-state index contributed by atoms with van der Waals surface area (Å²) < 4.78 is 16.6. The Morgan fingerprint density at radius 1 is 1.18 bits per heavy atom. The first-order valence-corrected chi connectivity index (χ1v) is 9.24. The van der Waals surface area contributed by atoms with E-state index >= 15 is 0 Å². The standard InChI is InChI=1S/C21H22N2O5/c1-26-16-8-6-15(7-9-16)23-12-14(10-20(23)24)21(25)22-11-17-13-27-18-4-2-3-5-19(18)28-17/h2-9,14,17H,10-13H2,1H3,(H,22,25). The minimum Gasteiger partial charge on any atom is -0.497 e. The summed E-state index contributed by atoms with van der Waals surface area (Å²) in [6, 6.07) is 14.7. The normalized spacial score (nSPS) is 20.8. The van der Waals surface area contributed by atoms with Gasteiger partial charge in [-0.2, -0.15) is 0 Å². The second-order valence-corrected chi connectivity index (χ2v) is 6.85. The van der Waals surface area contributed by atoms with Crippen LogP contribution in [0, 0.1) is 5.92 Å². The number of rotatable bonds is 5. The van der Waals surface area contributed by atoms with E-state index in [-0.39, 0.29) is 30.3 Å². The molecule has 0 aliphatic carbocycles. The van der Waals surface area contributed by atoms with Gasteiger partial charge in [-0.3, -0.25) is 9.59 Å². The maximum absolute atomic E-state index is 12.6. The minimum absolute atomic E-state index is 0.0588. The maximum atomic E-state index is 12.6. The zero-order chi connectivity index (χ0) is 19.5. The molecule has 2 amide bonds. The highest BCUT2D eigenvalue weighted by molar-refractivity contribution is 6.00. The molecule has 1 saturated heterocycles. The van der Waals surface area contributed by atoms with E-state index in [1.54, 1.807) is 24.1 Å². The van der Waals surface area contributed by atoms with Crippen molar-refractivity contribution in [2.24, 2.45) is 5.92 Å². The topological polar surface area (TPSA) is 77.1 Å². The van der Waals surface area contributed by atoms with Crippen molar-refractivity contribution >= 4 is 17.5 Å².